The van der Waals surface area contributed by atoms with Gasteiger partial charge in [0.25, 0.3) is 0 Å². The Balaban J connectivity index is 0.000000165. The van der Waals surface area contributed by atoms with Crippen LogP contribution >= 0.6 is 0 Å². The Morgan fingerprint density at radius 3 is 1.47 bits per heavy atom. The van der Waals surface area contributed by atoms with Gasteiger partial charge in [-0.25, -0.2) is 0 Å². The number of aryl methyl sites for hydroxylation is 2. The maximum atomic E-state index is 13.4. The summed E-state index contributed by atoms with van der Waals surface area (Å²) >= 11 is 0. The van der Waals surface area contributed by atoms with Crippen molar-refractivity contribution >= 4 is 57.1 Å². The van der Waals surface area contributed by atoms with Crippen LogP contribution in [0.1, 0.15) is 85.0 Å². The van der Waals surface area contributed by atoms with Crippen molar-refractivity contribution in [1.82, 2.24) is 4.57 Å². The van der Waals surface area contributed by atoms with Crippen LogP contribution in [0, 0.1) is 0 Å². The van der Waals surface area contributed by atoms with E-state index in [1.165, 1.54) is 68.1 Å². The van der Waals surface area contributed by atoms with Gasteiger partial charge in [-0.1, -0.05) is 74.0 Å². The maximum Gasteiger partial charge on any atom is 0.458 e. The predicted octanol–water partition coefficient (Wildman–Crippen LogP) is 14.1. The first-order valence-electron chi connectivity index (χ1n) is 24.5. The molecule has 0 aliphatic carbocycles. The SMILES string of the molecule is CC(=O)Nc1ccc2c(c1)CCCN2Cc1ccc(C(F)(F)F)cc1.CC(=O)Nc1ccc2c(c1)CCN2Cc1ccc(C(F)(F)C(F)(F)F)cc1.CCCc1ccc(Cn2ccc3cc(NC(C)=O)ccc32)cc1. The van der Waals surface area contributed by atoms with Gasteiger partial charge >= 0.3 is 18.3 Å². The van der Waals surface area contributed by atoms with E-state index in [1.54, 1.807) is 6.07 Å². The number of nitrogens with one attached hydrogen (secondary N) is 3. The third-order valence-corrected chi connectivity index (χ3v) is 12.7. The normalized spacial score (nSPS) is 13.2. The number of carbonyl (C=O) groups excluding carboxylic acids is 3. The second-order valence-electron chi connectivity index (χ2n) is 18.7. The van der Waals surface area contributed by atoms with Gasteiger partial charge in [-0.05, 0) is 132 Å². The molecule has 2 aliphatic heterocycles. The average molecular weight is 1040 g/mol. The molecular weight excluding hydrogens is 981 g/mol. The number of anilines is 5. The highest BCUT2D eigenvalue weighted by molar-refractivity contribution is 5.93. The molecule has 2 aliphatic rings. The Kier molecular flexibility index (Phi) is 17.4. The van der Waals surface area contributed by atoms with Gasteiger partial charge in [0.2, 0.25) is 17.7 Å². The van der Waals surface area contributed by atoms with Crippen LogP contribution in [-0.2, 0) is 65.4 Å². The van der Waals surface area contributed by atoms with E-state index >= 15 is 0 Å². The van der Waals surface area contributed by atoms with Gasteiger partial charge in [0, 0.05) is 105 Å². The minimum absolute atomic E-state index is 0.0454. The van der Waals surface area contributed by atoms with Gasteiger partial charge in [-0.2, -0.15) is 35.1 Å². The monoisotopic (exact) mass is 1040 g/mol. The molecule has 6 aromatic carbocycles. The van der Waals surface area contributed by atoms with E-state index in [1.807, 2.05) is 47.4 Å². The summed E-state index contributed by atoms with van der Waals surface area (Å²) in [6, 6.07) is 37.8. The van der Waals surface area contributed by atoms with Crippen molar-refractivity contribution in [2.75, 3.05) is 38.8 Å². The summed E-state index contributed by atoms with van der Waals surface area (Å²) in [5.41, 5.74) is 10.2. The number of carbonyl (C=O) groups is 3. The summed E-state index contributed by atoms with van der Waals surface area (Å²) in [6.07, 6.45) is -2.86. The minimum atomic E-state index is -5.62. The molecule has 0 radical (unpaired) electrons. The van der Waals surface area contributed by atoms with E-state index in [9.17, 15) is 49.5 Å². The zero-order chi connectivity index (χ0) is 54.1. The van der Waals surface area contributed by atoms with E-state index in [-0.39, 0.29) is 17.7 Å². The molecule has 3 heterocycles. The number of amides is 3. The van der Waals surface area contributed by atoms with Crippen molar-refractivity contribution in [3.8, 4) is 0 Å². The summed E-state index contributed by atoms with van der Waals surface area (Å²) in [6.45, 7) is 9.98. The highest BCUT2D eigenvalue weighted by Gasteiger charge is 2.58. The van der Waals surface area contributed by atoms with Crippen LogP contribution in [0.4, 0.5) is 63.6 Å². The number of alkyl halides is 8. The zero-order valence-corrected chi connectivity index (χ0v) is 41.9. The van der Waals surface area contributed by atoms with Crippen molar-refractivity contribution in [2.45, 2.75) is 97.7 Å². The maximum absolute atomic E-state index is 13.4. The fourth-order valence-corrected chi connectivity index (χ4v) is 9.17. The highest BCUT2D eigenvalue weighted by Crippen LogP contribution is 2.44. The second kappa shape index (κ2) is 23.7. The molecule has 7 aromatic rings. The van der Waals surface area contributed by atoms with Crippen molar-refractivity contribution in [1.29, 1.82) is 0 Å². The lowest BCUT2D eigenvalue weighted by Gasteiger charge is -2.32. The van der Waals surface area contributed by atoms with Gasteiger partial charge in [-0.15, -0.1) is 0 Å². The van der Waals surface area contributed by atoms with Crippen LogP contribution in [-0.4, -0.2) is 41.6 Å². The fraction of sp³-hybridized carbons (Fsp3) is 0.293. The number of hydrogen-bond donors (Lipinski definition) is 3. The van der Waals surface area contributed by atoms with E-state index in [0.29, 0.717) is 30.9 Å². The Bertz CT molecular complexity index is 3100. The third-order valence-electron chi connectivity index (χ3n) is 12.7. The molecule has 9 nitrogen and oxygen atoms in total. The van der Waals surface area contributed by atoms with Crippen LogP contribution in [0.3, 0.4) is 0 Å². The number of rotatable bonds is 12. The van der Waals surface area contributed by atoms with Crippen LogP contribution in [0.5, 0.6) is 0 Å². The van der Waals surface area contributed by atoms with Crippen molar-refractivity contribution < 1.29 is 49.5 Å². The molecule has 0 bridgehead atoms. The van der Waals surface area contributed by atoms with Gasteiger partial charge < -0.3 is 30.3 Å². The Hall–Kier alpha value is -7.69. The molecule has 1 aromatic heterocycles. The lowest BCUT2D eigenvalue weighted by atomic mass is 10.00. The average Bonchev–Trinajstić information content (AvgIpc) is 3.94. The predicted molar refractivity (Wildman–Crippen MR) is 279 cm³/mol. The molecule has 0 unspecified atom stereocenters. The molecule has 394 valence electrons. The van der Waals surface area contributed by atoms with Gasteiger partial charge in [-0.3, -0.25) is 14.4 Å². The minimum Gasteiger partial charge on any atom is -0.367 e. The summed E-state index contributed by atoms with van der Waals surface area (Å²) < 4.78 is 104. The number of halogens is 8. The molecule has 0 saturated carbocycles. The molecule has 0 spiro atoms. The number of benzene rings is 6. The van der Waals surface area contributed by atoms with E-state index in [4.69, 9.17) is 0 Å². The molecule has 3 amide bonds. The van der Waals surface area contributed by atoms with Gasteiger partial charge in [0.1, 0.15) is 0 Å². The molecule has 17 heteroatoms. The summed E-state index contributed by atoms with van der Waals surface area (Å²) in [5.74, 6) is -5.19. The number of nitrogens with zero attached hydrogens (tertiary/aromatic N) is 3. The molecule has 3 N–H and O–H groups in total. The second-order valence-corrected chi connectivity index (χ2v) is 18.7. The van der Waals surface area contributed by atoms with Crippen LogP contribution in [0.2, 0.25) is 0 Å². The Labute approximate surface area is 430 Å². The molecule has 75 heavy (non-hydrogen) atoms. The summed E-state index contributed by atoms with van der Waals surface area (Å²) in [5, 5.41) is 9.45. The molecule has 9 rings (SSSR count). The quantitative estimate of drug-likeness (QED) is 0.106. The van der Waals surface area contributed by atoms with Crippen LogP contribution in [0.25, 0.3) is 10.9 Å². The zero-order valence-electron chi connectivity index (χ0n) is 41.9. The van der Waals surface area contributed by atoms with Crippen molar-refractivity contribution in [2.24, 2.45) is 0 Å². The van der Waals surface area contributed by atoms with Gasteiger partial charge in [0.05, 0.1) is 5.56 Å². The molecule has 0 fully saturated rings. The molecule has 0 atom stereocenters. The van der Waals surface area contributed by atoms with E-state index < -0.39 is 29.4 Å². The fourth-order valence-electron chi connectivity index (χ4n) is 9.17. The first-order valence-corrected chi connectivity index (χ1v) is 24.5. The van der Waals surface area contributed by atoms with Gasteiger partial charge in [0.15, 0.2) is 0 Å². The number of fused-ring (bicyclic) bond motifs is 3. The first-order chi connectivity index (χ1) is 35.6. The van der Waals surface area contributed by atoms with Crippen LogP contribution in [0.15, 0.2) is 140 Å². The highest BCUT2D eigenvalue weighted by atomic mass is 19.4. The molecule has 0 saturated heterocycles. The number of hydrogen-bond acceptors (Lipinski definition) is 5. The smallest absolute Gasteiger partial charge is 0.367 e. The van der Waals surface area contributed by atoms with E-state index in [0.717, 1.165) is 108 Å². The largest absolute Gasteiger partial charge is 0.458 e. The van der Waals surface area contributed by atoms with Crippen LogP contribution < -0.4 is 25.8 Å². The summed E-state index contributed by atoms with van der Waals surface area (Å²) in [4.78, 5) is 37.7. The summed E-state index contributed by atoms with van der Waals surface area (Å²) in [7, 11) is 0. The standard InChI is InChI=1S/C20H22N2O.C19H17F5N2O.C19H19F3N2O/c1-3-4-16-5-7-17(8-6-16)14-22-12-11-18-13-19(21-15(2)23)9-10-20(18)22;1-12(27)25-16-6-7-17-14(10-16)8-9-26(17)11-13-2-4-15(5-3-13)18(20,21)19(22,23)24;1-13(25)23-17-8-9-18-15(11-17)3-2-10-24(18)12-14-4-6-16(7-5-14)19(20,21)22/h5-13H,3-4,14H2,1-2H3,(H,21,23);2-7,10H,8-9,11H2,1H3,(H,25,27);4-9,11H,2-3,10,12H2,1H3,(H,23,25). The lowest BCUT2D eigenvalue weighted by Crippen LogP contribution is -2.33. The third kappa shape index (κ3) is 14.5. The first kappa shape index (κ1) is 55.1. The lowest BCUT2D eigenvalue weighted by molar-refractivity contribution is -0.289. The van der Waals surface area contributed by atoms with Crippen molar-refractivity contribution in [3.05, 3.63) is 184 Å². The topological polar surface area (TPSA) is 98.7 Å². The molecular formula is C58H58F8N6O3. The number of aromatic nitrogens is 1. The van der Waals surface area contributed by atoms with Crippen molar-refractivity contribution in [3.63, 3.8) is 0 Å². The van der Waals surface area contributed by atoms with E-state index in [2.05, 4.69) is 74.9 Å². The Morgan fingerprint density at radius 2 is 0.960 bits per heavy atom. The Morgan fingerprint density at radius 1 is 0.507 bits per heavy atom.